The van der Waals surface area contributed by atoms with E-state index in [1.807, 2.05) is 6.92 Å². The quantitative estimate of drug-likeness (QED) is 0.645. The van der Waals surface area contributed by atoms with Gasteiger partial charge in [0.1, 0.15) is 11.2 Å². The highest BCUT2D eigenvalue weighted by molar-refractivity contribution is 7.13. The maximum Gasteiger partial charge on any atom is 0.293 e. The molecule has 2 rings (SSSR count). The van der Waals surface area contributed by atoms with Crippen LogP contribution in [-0.4, -0.2) is 27.6 Å². The summed E-state index contributed by atoms with van der Waals surface area (Å²) in [6.45, 7) is 2.39. The molecule has 0 spiro atoms. The van der Waals surface area contributed by atoms with E-state index in [2.05, 4.69) is 20.8 Å². The van der Waals surface area contributed by atoms with Crippen molar-refractivity contribution in [3.63, 3.8) is 0 Å². The molecule has 0 aliphatic heterocycles. The first kappa shape index (κ1) is 13.9. The van der Waals surface area contributed by atoms with E-state index in [1.54, 1.807) is 0 Å². The van der Waals surface area contributed by atoms with Gasteiger partial charge in [0, 0.05) is 18.2 Å². The second kappa shape index (κ2) is 6.06. The Labute approximate surface area is 118 Å². The number of nitro groups is 1. The molecule has 1 aromatic carbocycles. The summed E-state index contributed by atoms with van der Waals surface area (Å²) >= 11 is 1.17. The Morgan fingerprint density at radius 3 is 2.90 bits per heavy atom. The van der Waals surface area contributed by atoms with E-state index in [0.29, 0.717) is 17.4 Å². The fourth-order valence-corrected chi connectivity index (χ4v) is 2.00. The summed E-state index contributed by atoms with van der Waals surface area (Å²) in [7, 11) is 0. The minimum Gasteiger partial charge on any atom is -0.380 e. The van der Waals surface area contributed by atoms with Gasteiger partial charge in [-0.3, -0.25) is 20.2 Å². The number of amides is 1. The van der Waals surface area contributed by atoms with Crippen molar-refractivity contribution in [2.75, 3.05) is 17.2 Å². The van der Waals surface area contributed by atoms with Gasteiger partial charge in [-0.25, -0.2) is 0 Å². The molecule has 0 saturated carbocycles. The standard InChI is InChI=1S/C11H11N5O3S/c1-2-12-8-4-3-7(5-9(8)16(18)19)10(17)14-11-15-13-6-20-11/h3-6,12H,2H2,1H3,(H,14,15,17). The van der Waals surface area contributed by atoms with E-state index in [1.165, 1.54) is 35.0 Å². The lowest BCUT2D eigenvalue weighted by atomic mass is 10.1. The Bertz CT molecular complexity index is 629. The Morgan fingerprint density at radius 1 is 1.50 bits per heavy atom. The summed E-state index contributed by atoms with van der Waals surface area (Å²) in [4.78, 5) is 22.4. The van der Waals surface area contributed by atoms with Crippen LogP contribution in [0.4, 0.5) is 16.5 Å². The predicted octanol–water partition coefficient (Wildman–Crippen LogP) is 2.13. The second-order valence-corrected chi connectivity index (χ2v) is 4.55. The molecule has 0 radical (unpaired) electrons. The van der Waals surface area contributed by atoms with Crippen LogP contribution >= 0.6 is 11.3 Å². The molecule has 0 aliphatic carbocycles. The molecule has 1 aromatic heterocycles. The molecule has 104 valence electrons. The van der Waals surface area contributed by atoms with Crippen LogP contribution in [0.1, 0.15) is 17.3 Å². The Morgan fingerprint density at radius 2 is 2.30 bits per heavy atom. The second-order valence-electron chi connectivity index (χ2n) is 3.72. The van der Waals surface area contributed by atoms with Gasteiger partial charge in [-0.05, 0) is 19.1 Å². The van der Waals surface area contributed by atoms with Gasteiger partial charge in [-0.1, -0.05) is 11.3 Å². The molecular weight excluding hydrogens is 282 g/mol. The third-order valence-corrected chi connectivity index (χ3v) is 3.01. The molecule has 1 amide bonds. The van der Waals surface area contributed by atoms with Crippen molar-refractivity contribution >= 4 is 33.8 Å². The number of hydrogen-bond donors (Lipinski definition) is 2. The highest BCUT2D eigenvalue weighted by Crippen LogP contribution is 2.25. The molecule has 2 aromatic rings. The van der Waals surface area contributed by atoms with Crippen LogP contribution < -0.4 is 10.6 Å². The van der Waals surface area contributed by atoms with E-state index in [9.17, 15) is 14.9 Å². The molecule has 2 N–H and O–H groups in total. The molecule has 0 unspecified atom stereocenters. The fourth-order valence-electron chi connectivity index (χ4n) is 1.56. The molecule has 0 saturated heterocycles. The lowest BCUT2D eigenvalue weighted by molar-refractivity contribution is -0.384. The number of nitro benzene ring substituents is 1. The summed E-state index contributed by atoms with van der Waals surface area (Å²) in [6, 6.07) is 4.26. The maximum atomic E-state index is 11.9. The van der Waals surface area contributed by atoms with Crippen LogP contribution in [0, 0.1) is 10.1 Å². The van der Waals surface area contributed by atoms with Crippen LogP contribution in [-0.2, 0) is 0 Å². The van der Waals surface area contributed by atoms with E-state index in [4.69, 9.17) is 0 Å². The van der Waals surface area contributed by atoms with Gasteiger partial charge in [-0.2, -0.15) is 0 Å². The predicted molar refractivity (Wildman–Crippen MR) is 75.1 cm³/mol. The Kier molecular flexibility index (Phi) is 4.20. The molecule has 0 bridgehead atoms. The number of carbonyl (C=O) groups is 1. The summed E-state index contributed by atoms with van der Waals surface area (Å²) in [5.74, 6) is -0.465. The van der Waals surface area contributed by atoms with E-state index < -0.39 is 10.8 Å². The largest absolute Gasteiger partial charge is 0.380 e. The molecule has 20 heavy (non-hydrogen) atoms. The smallest absolute Gasteiger partial charge is 0.293 e. The maximum absolute atomic E-state index is 11.9. The number of hydrogen-bond acceptors (Lipinski definition) is 7. The summed E-state index contributed by atoms with van der Waals surface area (Å²) in [6.07, 6.45) is 0. The van der Waals surface area contributed by atoms with Gasteiger partial charge in [-0.15, -0.1) is 10.2 Å². The minimum atomic E-state index is -0.528. The van der Waals surface area contributed by atoms with Crippen LogP contribution in [0.3, 0.4) is 0 Å². The molecule has 0 fully saturated rings. The zero-order chi connectivity index (χ0) is 14.5. The topological polar surface area (TPSA) is 110 Å². The number of rotatable bonds is 5. The number of aromatic nitrogens is 2. The highest BCUT2D eigenvalue weighted by Gasteiger charge is 2.17. The van der Waals surface area contributed by atoms with Gasteiger partial charge < -0.3 is 5.32 Å². The van der Waals surface area contributed by atoms with Gasteiger partial charge in [0.25, 0.3) is 11.6 Å². The van der Waals surface area contributed by atoms with Crippen LogP contribution in [0.15, 0.2) is 23.7 Å². The molecular formula is C11H11N5O3S. The van der Waals surface area contributed by atoms with E-state index >= 15 is 0 Å². The van der Waals surface area contributed by atoms with Crippen molar-refractivity contribution in [2.45, 2.75) is 6.92 Å². The number of nitrogens with zero attached hydrogens (tertiary/aromatic N) is 3. The monoisotopic (exact) mass is 293 g/mol. The molecule has 8 nitrogen and oxygen atoms in total. The Balaban J connectivity index is 2.26. The number of carbonyl (C=O) groups excluding carboxylic acids is 1. The Hall–Kier alpha value is -2.55. The van der Waals surface area contributed by atoms with Crippen molar-refractivity contribution in [1.29, 1.82) is 0 Å². The molecule has 0 atom stereocenters. The van der Waals surface area contributed by atoms with Gasteiger partial charge in [0.2, 0.25) is 5.13 Å². The average Bonchev–Trinajstić information content (AvgIpc) is 2.92. The zero-order valence-electron chi connectivity index (χ0n) is 10.5. The highest BCUT2D eigenvalue weighted by atomic mass is 32.1. The summed E-state index contributed by atoms with van der Waals surface area (Å²) in [5.41, 5.74) is 1.90. The van der Waals surface area contributed by atoms with Gasteiger partial charge in [0.05, 0.1) is 4.92 Å². The summed E-state index contributed by atoms with van der Waals surface area (Å²) in [5, 5.41) is 24.0. The van der Waals surface area contributed by atoms with Crippen molar-refractivity contribution in [2.24, 2.45) is 0 Å². The van der Waals surface area contributed by atoms with Gasteiger partial charge in [0.15, 0.2) is 0 Å². The summed E-state index contributed by atoms with van der Waals surface area (Å²) < 4.78 is 0. The van der Waals surface area contributed by atoms with Crippen LogP contribution in [0.25, 0.3) is 0 Å². The lowest BCUT2D eigenvalue weighted by Crippen LogP contribution is -2.12. The van der Waals surface area contributed by atoms with Crippen LogP contribution in [0.5, 0.6) is 0 Å². The number of nitrogens with one attached hydrogen (secondary N) is 2. The molecule has 0 aliphatic rings. The minimum absolute atomic E-state index is 0.142. The van der Waals surface area contributed by atoms with Crippen molar-refractivity contribution < 1.29 is 9.72 Å². The third-order valence-electron chi connectivity index (χ3n) is 2.40. The van der Waals surface area contributed by atoms with Crippen molar-refractivity contribution in [1.82, 2.24) is 10.2 Å². The SMILES string of the molecule is CCNc1ccc(C(=O)Nc2nncs2)cc1[N+](=O)[O-]. The lowest BCUT2D eigenvalue weighted by Gasteiger charge is -2.06. The normalized spacial score (nSPS) is 10.1. The van der Waals surface area contributed by atoms with Crippen molar-refractivity contribution in [3.8, 4) is 0 Å². The van der Waals surface area contributed by atoms with E-state index in [0.717, 1.165) is 0 Å². The van der Waals surface area contributed by atoms with Crippen molar-refractivity contribution in [3.05, 3.63) is 39.4 Å². The third kappa shape index (κ3) is 3.06. The first-order chi connectivity index (χ1) is 9.61. The number of benzene rings is 1. The fraction of sp³-hybridized carbons (Fsp3) is 0.182. The molecule has 1 heterocycles. The zero-order valence-corrected chi connectivity index (χ0v) is 11.3. The first-order valence-electron chi connectivity index (χ1n) is 5.71. The van der Waals surface area contributed by atoms with Gasteiger partial charge >= 0.3 is 0 Å². The van der Waals surface area contributed by atoms with E-state index in [-0.39, 0.29) is 11.3 Å². The average molecular weight is 293 g/mol. The first-order valence-corrected chi connectivity index (χ1v) is 6.59. The molecule has 9 heteroatoms. The number of anilines is 2. The van der Waals surface area contributed by atoms with Crippen LogP contribution in [0.2, 0.25) is 0 Å².